The van der Waals surface area contributed by atoms with Gasteiger partial charge in [-0.1, -0.05) is 216 Å². The second-order valence-corrected chi connectivity index (χ2v) is 16.9. The van der Waals surface area contributed by atoms with Crippen LogP contribution in [0.2, 0.25) is 0 Å². The van der Waals surface area contributed by atoms with E-state index in [9.17, 15) is 19.8 Å². The quantitative estimate of drug-likeness (QED) is 0.0246. The maximum atomic E-state index is 13.2. The zero-order valence-corrected chi connectivity index (χ0v) is 38.9. The molecule has 3 atom stereocenters. The van der Waals surface area contributed by atoms with Crippen molar-refractivity contribution in [3.8, 4) is 0 Å². The Labute approximate surface area is 365 Å². The molecule has 1 amide bonds. The van der Waals surface area contributed by atoms with E-state index in [0.717, 1.165) is 77.0 Å². The molecule has 0 saturated heterocycles. The van der Waals surface area contributed by atoms with Crippen molar-refractivity contribution in [3.05, 3.63) is 60.8 Å². The number of rotatable bonds is 44. The van der Waals surface area contributed by atoms with Gasteiger partial charge in [0.05, 0.1) is 25.2 Å². The number of hydrogen-bond acceptors (Lipinski definition) is 5. The second-order valence-electron chi connectivity index (χ2n) is 16.9. The molecule has 0 rings (SSSR count). The Morgan fingerprint density at radius 3 is 1.46 bits per heavy atom. The lowest BCUT2D eigenvalue weighted by Crippen LogP contribution is -2.46. The van der Waals surface area contributed by atoms with Gasteiger partial charge < -0.3 is 20.3 Å². The van der Waals surface area contributed by atoms with Crippen molar-refractivity contribution < 1.29 is 24.5 Å². The van der Waals surface area contributed by atoms with E-state index in [0.29, 0.717) is 19.3 Å². The average molecular weight is 826 g/mol. The van der Waals surface area contributed by atoms with Gasteiger partial charge in [-0.15, -0.1) is 0 Å². The number of carbonyl (C=O) groups is 2. The number of aliphatic hydroxyl groups is 2. The molecule has 0 aliphatic carbocycles. The molecule has 0 aromatic heterocycles. The number of hydrogen-bond donors (Lipinski definition) is 3. The first kappa shape index (κ1) is 56.6. The summed E-state index contributed by atoms with van der Waals surface area (Å²) in [7, 11) is 0. The number of esters is 1. The Kier molecular flexibility index (Phi) is 44.7. The molecule has 3 unspecified atom stereocenters. The summed E-state index contributed by atoms with van der Waals surface area (Å²) >= 11 is 0. The molecule has 0 heterocycles. The fourth-order valence-corrected chi connectivity index (χ4v) is 7.38. The van der Waals surface area contributed by atoms with Crippen LogP contribution in [0.3, 0.4) is 0 Å². The van der Waals surface area contributed by atoms with Crippen molar-refractivity contribution in [2.45, 2.75) is 257 Å². The maximum absolute atomic E-state index is 13.2. The van der Waals surface area contributed by atoms with Gasteiger partial charge in [0.2, 0.25) is 5.91 Å². The van der Waals surface area contributed by atoms with Crippen molar-refractivity contribution in [1.29, 1.82) is 0 Å². The van der Waals surface area contributed by atoms with Crippen LogP contribution in [0, 0.1) is 0 Å². The van der Waals surface area contributed by atoms with E-state index >= 15 is 0 Å². The predicted octanol–water partition coefficient (Wildman–Crippen LogP) is 14.8. The zero-order chi connectivity index (χ0) is 43.1. The number of amides is 1. The molecular formula is C53H95NO5. The molecule has 0 bridgehead atoms. The molecular weight excluding hydrogens is 731 g/mol. The number of nitrogens with one attached hydrogen (secondary N) is 1. The van der Waals surface area contributed by atoms with E-state index in [-0.39, 0.29) is 24.9 Å². The highest BCUT2D eigenvalue weighted by Gasteiger charge is 2.24. The van der Waals surface area contributed by atoms with Crippen molar-refractivity contribution in [2.24, 2.45) is 0 Å². The summed E-state index contributed by atoms with van der Waals surface area (Å²) in [6, 6.07) is -0.716. The normalized spacial score (nSPS) is 13.8. The monoisotopic (exact) mass is 826 g/mol. The Balaban J connectivity index is 4.64. The minimum atomic E-state index is -0.800. The SMILES string of the molecule is CC/C=C/C=C/C=C/C=C\CCCCCC(CC(=O)NC(CO)C(O)CCCCCCCCCCCCC)OC(=O)CCCCCCC/C=C/CCCCCCCCC. The summed E-state index contributed by atoms with van der Waals surface area (Å²) in [5, 5.41) is 23.7. The third-order valence-corrected chi connectivity index (χ3v) is 11.2. The topological polar surface area (TPSA) is 95.9 Å². The van der Waals surface area contributed by atoms with E-state index < -0.39 is 18.2 Å². The number of ether oxygens (including phenoxy) is 1. The molecule has 0 aliphatic heterocycles. The van der Waals surface area contributed by atoms with Gasteiger partial charge in [0, 0.05) is 6.42 Å². The first-order valence-corrected chi connectivity index (χ1v) is 25.1. The highest BCUT2D eigenvalue weighted by molar-refractivity contribution is 5.77. The summed E-state index contributed by atoms with van der Waals surface area (Å²) in [5.74, 6) is -0.523. The molecule has 0 fully saturated rings. The fourth-order valence-electron chi connectivity index (χ4n) is 7.38. The van der Waals surface area contributed by atoms with E-state index in [2.05, 4.69) is 62.5 Å². The third kappa shape index (κ3) is 42.1. The lowest BCUT2D eigenvalue weighted by Gasteiger charge is -2.24. The average Bonchev–Trinajstić information content (AvgIpc) is 3.23. The molecule has 0 radical (unpaired) electrons. The Hall–Kier alpha value is -2.44. The first-order chi connectivity index (χ1) is 29.0. The summed E-state index contributed by atoms with van der Waals surface area (Å²) in [6.45, 7) is 6.32. The summed E-state index contributed by atoms with van der Waals surface area (Å²) < 4.78 is 5.90. The predicted molar refractivity (Wildman–Crippen MR) is 255 cm³/mol. The lowest BCUT2D eigenvalue weighted by atomic mass is 10.0. The molecule has 0 spiro atoms. The number of allylic oxidation sites excluding steroid dienone is 10. The van der Waals surface area contributed by atoms with Crippen LogP contribution in [0.5, 0.6) is 0 Å². The van der Waals surface area contributed by atoms with E-state index in [1.54, 1.807) is 0 Å². The van der Waals surface area contributed by atoms with Gasteiger partial charge in [0.25, 0.3) is 0 Å². The van der Waals surface area contributed by atoms with Crippen LogP contribution < -0.4 is 5.32 Å². The van der Waals surface area contributed by atoms with Gasteiger partial charge in [-0.05, 0) is 70.6 Å². The zero-order valence-electron chi connectivity index (χ0n) is 38.9. The highest BCUT2D eigenvalue weighted by atomic mass is 16.5. The minimum absolute atomic E-state index is 0.0472. The van der Waals surface area contributed by atoms with Crippen LogP contribution in [0.1, 0.15) is 239 Å². The van der Waals surface area contributed by atoms with Crippen molar-refractivity contribution in [2.75, 3.05) is 6.61 Å². The molecule has 0 aromatic rings. The number of aliphatic hydroxyl groups excluding tert-OH is 2. The van der Waals surface area contributed by atoms with Gasteiger partial charge in [0.15, 0.2) is 0 Å². The highest BCUT2D eigenvalue weighted by Crippen LogP contribution is 2.17. The number of carbonyl (C=O) groups excluding carboxylic acids is 2. The van der Waals surface area contributed by atoms with Crippen LogP contribution >= 0.6 is 0 Å². The van der Waals surface area contributed by atoms with Crippen LogP contribution in [0.15, 0.2) is 60.8 Å². The molecule has 6 nitrogen and oxygen atoms in total. The molecule has 0 aliphatic rings. The van der Waals surface area contributed by atoms with Gasteiger partial charge in [-0.2, -0.15) is 0 Å². The van der Waals surface area contributed by atoms with E-state index in [1.807, 2.05) is 24.3 Å². The van der Waals surface area contributed by atoms with Crippen LogP contribution in [-0.4, -0.2) is 46.9 Å². The molecule has 3 N–H and O–H groups in total. The Morgan fingerprint density at radius 1 is 0.508 bits per heavy atom. The van der Waals surface area contributed by atoms with Crippen LogP contribution in [0.25, 0.3) is 0 Å². The van der Waals surface area contributed by atoms with E-state index in [4.69, 9.17) is 4.74 Å². The van der Waals surface area contributed by atoms with Gasteiger partial charge in [0.1, 0.15) is 6.10 Å². The van der Waals surface area contributed by atoms with Crippen LogP contribution in [0.4, 0.5) is 0 Å². The fraction of sp³-hybridized carbons (Fsp3) is 0.774. The lowest BCUT2D eigenvalue weighted by molar-refractivity contribution is -0.151. The van der Waals surface area contributed by atoms with Gasteiger partial charge in [-0.25, -0.2) is 0 Å². The molecule has 0 aromatic carbocycles. The van der Waals surface area contributed by atoms with Gasteiger partial charge in [-0.3, -0.25) is 9.59 Å². The molecule has 0 saturated carbocycles. The smallest absolute Gasteiger partial charge is 0.306 e. The number of unbranched alkanes of at least 4 members (excludes halogenated alkanes) is 25. The second kappa shape index (κ2) is 46.6. The summed E-state index contributed by atoms with van der Waals surface area (Å²) in [4.78, 5) is 26.1. The van der Waals surface area contributed by atoms with Crippen molar-refractivity contribution in [1.82, 2.24) is 5.32 Å². The summed E-state index contributed by atoms with van der Waals surface area (Å²) in [6.07, 6.45) is 57.1. The summed E-state index contributed by atoms with van der Waals surface area (Å²) in [5.41, 5.74) is 0. The Bertz CT molecular complexity index is 1060. The molecule has 6 heteroatoms. The largest absolute Gasteiger partial charge is 0.462 e. The standard InChI is InChI=1S/C53H95NO5/c1-4-7-10-13-16-19-22-24-25-26-28-31-34-37-40-43-46-53(58)59-49(44-41-38-35-32-30-27-23-20-17-14-11-8-5-2)47-52(57)54-50(48-55)51(56)45-42-39-36-33-29-21-18-15-12-9-6-3/h8,11,14,17,20,23,25-27,30,49-51,55-56H,4-7,9-10,12-13,15-16,18-19,21-22,24,28-29,31-48H2,1-3H3,(H,54,57)/b11-8+,17-14+,23-20+,26-25+,30-27-. The van der Waals surface area contributed by atoms with E-state index in [1.165, 1.54) is 116 Å². The molecule has 59 heavy (non-hydrogen) atoms. The van der Waals surface area contributed by atoms with Crippen LogP contribution in [-0.2, 0) is 14.3 Å². The molecule has 342 valence electrons. The third-order valence-electron chi connectivity index (χ3n) is 11.2. The van der Waals surface area contributed by atoms with Crippen molar-refractivity contribution in [3.63, 3.8) is 0 Å². The maximum Gasteiger partial charge on any atom is 0.306 e. The Morgan fingerprint density at radius 2 is 0.932 bits per heavy atom. The first-order valence-electron chi connectivity index (χ1n) is 25.1. The van der Waals surface area contributed by atoms with Crippen molar-refractivity contribution >= 4 is 11.9 Å². The minimum Gasteiger partial charge on any atom is -0.462 e. The van der Waals surface area contributed by atoms with Gasteiger partial charge >= 0.3 is 5.97 Å².